The Morgan fingerprint density at radius 3 is 2.50 bits per heavy atom. The Morgan fingerprint density at radius 2 is 2.11 bits per heavy atom. The van der Waals surface area contributed by atoms with Gasteiger partial charge in [0.05, 0.1) is 0 Å². The fourth-order valence-corrected chi connectivity index (χ4v) is 1.29. The monoisotopic (exact) mass is 244 g/mol. The summed E-state index contributed by atoms with van der Waals surface area (Å²) in [7, 11) is 0. The summed E-state index contributed by atoms with van der Waals surface area (Å²) < 4.78 is 0. The van der Waals surface area contributed by atoms with Gasteiger partial charge in [-0.1, -0.05) is 43.0 Å². The second-order valence-electron chi connectivity index (χ2n) is 3.70. The summed E-state index contributed by atoms with van der Waals surface area (Å²) in [5.41, 5.74) is 2.06. The van der Waals surface area contributed by atoms with Crippen LogP contribution in [0, 0.1) is 6.92 Å². The van der Waals surface area contributed by atoms with Gasteiger partial charge in [-0.2, -0.15) is 0 Å². The summed E-state index contributed by atoms with van der Waals surface area (Å²) in [5.74, 6) is -0.362. The van der Waals surface area contributed by atoms with Crippen LogP contribution in [0.2, 0.25) is 0 Å². The number of aryl methyl sites for hydroxylation is 1. The third kappa shape index (κ3) is 5.12. The number of imidazole rings is 1. The Balaban J connectivity index is 0.000000184. The lowest BCUT2D eigenvalue weighted by Gasteiger charge is -1.86. The second kappa shape index (κ2) is 7.06. The van der Waals surface area contributed by atoms with E-state index in [0.29, 0.717) is 5.82 Å². The van der Waals surface area contributed by atoms with Gasteiger partial charge in [-0.05, 0) is 12.5 Å². The van der Waals surface area contributed by atoms with Gasteiger partial charge in [0.25, 0.3) is 0 Å². The molecule has 1 heterocycles. The molecule has 0 saturated heterocycles. The number of aliphatic carboxylic acids is 1. The molecule has 0 radical (unpaired) electrons. The van der Waals surface area contributed by atoms with Gasteiger partial charge < -0.3 is 10.1 Å². The third-order valence-corrected chi connectivity index (χ3v) is 2.11. The van der Waals surface area contributed by atoms with Crippen molar-refractivity contribution < 1.29 is 9.90 Å². The van der Waals surface area contributed by atoms with E-state index in [1.807, 2.05) is 43.3 Å². The minimum atomic E-state index is -0.866. The fraction of sp³-hybridized carbons (Fsp3) is 0.143. The molecule has 94 valence electrons. The molecule has 0 fully saturated rings. The van der Waals surface area contributed by atoms with E-state index < -0.39 is 5.97 Å². The number of rotatable bonds is 3. The van der Waals surface area contributed by atoms with Crippen molar-refractivity contribution in [1.29, 1.82) is 0 Å². The Kier molecular flexibility index (Phi) is 5.38. The molecule has 2 aromatic rings. The molecule has 2 N–H and O–H groups in total. The quantitative estimate of drug-likeness (QED) is 0.872. The lowest BCUT2D eigenvalue weighted by atomic mass is 10.2. The summed E-state index contributed by atoms with van der Waals surface area (Å²) in [4.78, 5) is 16.8. The molecule has 1 aromatic heterocycles. The van der Waals surface area contributed by atoms with Gasteiger partial charge in [0, 0.05) is 11.9 Å². The Bertz CT molecular complexity index is 504. The molecule has 0 aliphatic carbocycles. The average Bonchev–Trinajstić information content (AvgIpc) is 2.76. The number of aromatic nitrogens is 2. The molecule has 2 rings (SSSR count). The highest BCUT2D eigenvalue weighted by Gasteiger charge is 2.01. The predicted molar refractivity (Wildman–Crippen MR) is 71.2 cm³/mol. The van der Waals surface area contributed by atoms with Crippen LogP contribution in [0.3, 0.4) is 0 Å². The van der Waals surface area contributed by atoms with Crippen molar-refractivity contribution in [2.45, 2.75) is 13.3 Å². The lowest BCUT2D eigenvalue weighted by Crippen LogP contribution is -2.01. The number of hydrogen-bond acceptors (Lipinski definition) is 2. The highest BCUT2D eigenvalue weighted by molar-refractivity contribution is 5.68. The molecule has 4 heteroatoms. The number of carbonyl (C=O) groups is 1. The Morgan fingerprint density at radius 1 is 1.44 bits per heavy atom. The van der Waals surface area contributed by atoms with Crippen LogP contribution in [0.4, 0.5) is 0 Å². The molecule has 4 nitrogen and oxygen atoms in total. The smallest absolute Gasteiger partial charge is 0.311 e. The number of carboxylic acid groups (broad SMARTS) is 1. The lowest BCUT2D eigenvalue weighted by molar-refractivity contribution is -0.136. The van der Waals surface area contributed by atoms with Crippen LogP contribution < -0.4 is 0 Å². The first-order valence-electron chi connectivity index (χ1n) is 5.51. The SMILES string of the molecule is C=Cc1ccccc1.Cc1cnc(CC(=O)O)[nH]1. The number of nitrogens with zero attached hydrogens (tertiary/aromatic N) is 1. The van der Waals surface area contributed by atoms with Crippen LogP contribution in [-0.4, -0.2) is 21.0 Å². The fourth-order valence-electron chi connectivity index (χ4n) is 1.29. The van der Waals surface area contributed by atoms with Gasteiger partial charge in [-0.25, -0.2) is 4.98 Å². The molecular formula is C14H16N2O2. The number of nitrogens with one attached hydrogen (secondary N) is 1. The minimum Gasteiger partial charge on any atom is -0.481 e. The van der Waals surface area contributed by atoms with Crippen LogP contribution in [0.25, 0.3) is 6.08 Å². The van der Waals surface area contributed by atoms with Crippen molar-refractivity contribution in [2.24, 2.45) is 0 Å². The number of carboxylic acids is 1. The first-order valence-corrected chi connectivity index (χ1v) is 5.51. The molecule has 0 aliphatic rings. The third-order valence-electron chi connectivity index (χ3n) is 2.11. The Labute approximate surface area is 106 Å². The first-order chi connectivity index (χ1) is 8.61. The van der Waals surface area contributed by atoms with E-state index in [1.54, 1.807) is 6.20 Å². The van der Waals surface area contributed by atoms with E-state index >= 15 is 0 Å². The zero-order chi connectivity index (χ0) is 13.4. The summed E-state index contributed by atoms with van der Waals surface area (Å²) >= 11 is 0. The van der Waals surface area contributed by atoms with Crippen LogP contribution in [0.1, 0.15) is 17.1 Å². The topological polar surface area (TPSA) is 66.0 Å². The summed E-state index contributed by atoms with van der Waals surface area (Å²) in [6, 6.07) is 10.0. The zero-order valence-electron chi connectivity index (χ0n) is 10.3. The predicted octanol–water partition coefficient (Wildman–Crippen LogP) is 2.67. The molecule has 0 unspecified atom stereocenters. The molecule has 0 aliphatic heterocycles. The number of aromatic amines is 1. The van der Waals surface area contributed by atoms with Crippen LogP contribution in [-0.2, 0) is 11.2 Å². The van der Waals surface area contributed by atoms with E-state index in [4.69, 9.17) is 5.11 Å². The minimum absolute atomic E-state index is 0.0339. The number of hydrogen-bond donors (Lipinski definition) is 2. The van der Waals surface area contributed by atoms with Gasteiger partial charge in [0.2, 0.25) is 0 Å². The second-order valence-corrected chi connectivity index (χ2v) is 3.70. The highest BCUT2D eigenvalue weighted by atomic mass is 16.4. The van der Waals surface area contributed by atoms with E-state index in [2.05, 4.69) is 16.5 Å². The molecule has 0 saturated carbocycles. The van der Waals surface area contributed by atoms with Gasteiger partial charge in [-0.3, -0.25) is 4.79 Å². The maximum absolute atomic E-state index is 10.1. The molecule has 0 bridgehead atoms. The maximum atomic E-state index is 10.1. The van der Waals surface area contributed by atoms with Gasteiger partial charge in [0.15, 0.2) is 0 Å². The van der Waals surface area contributed by atoms with Crippen LogP contribution in [0.5, 0.6) is 0 Å². The van der Waals surface area contributed by atoms with Gasteiger partial charge >= 0.3 is 5.97 Å². The van der Waals surface area contributed by atoms with Crippen LogP contribution in [0.15, 0.2) is 43.1 Å². The largest absolute Gasteiger partial charge is 0.481 e. The first kappa shape index (κ1) is 13.7. The van der Waals surface area contributed by atoms with E-state index in [0.717, 1.165) is 5.69 Å². The molecule has 0 amide bonds. The maximum Gasteiger partial charge on any atom is 0.311 e. The Hall–Kier alpha value is -2.36. The zero-order valence-corrected chi connectivity index (χ0v) is 10.3. The van der Waals surface area contributed by atoms with E-state index in [9.17, 15) is 4.79 Å². The molecular weight excluding hydrogens is 228 g/mol. The standard InChI is InChI=1S/C8H8.C6H8N2O2/c1-2-8-6-4-3-5-7-8;1-4-3-7-5(8-4)2-6(9)10/h2-7H,1H2;3H,2H2,1H3,(H,7,8)(H,9,10). The van der Waals surface area contributed by atoms with Gasteiger partial charge in [0.1, 0.15) is 12.2 Å². The van der Waals surface area contributed by atoms with Crippen molar-refractivity contribution in [3.05, 3.63) is 60.2 Å². The molecule has 0 spiro atoms. The number of benzene rings is 1. The van der Waals surface area contributed by atoms with Gasteiger partial charge in [-0.15, -0.1) is 0 Å². The van der Waals surface area contributed by atoms with Crippen molar-refractivity contribution in [3.63, 3.8) is 0 Å². The molecule has 0 atom stereocenters. The highest BCUT2D eigenvalue weighted by Crippen LogP contribution is 1.97. The van der Waals surface area contributed by atoms with E-state index in [1.165, 1.54) is 5.56 Å². The summed E-state index contributed by atoms with van der Waals surface area (Å²) in [6.45, 7) is 5.46. The molecule has 1 aromatic carbocycles. The van der Waals surface area contributed by atoms with Crippen LogP contribution >= 0.6 is 0 Å². The van der Waals surface area contributed by atoms with Crippen molar-refractivity contribution in [3.8, 4) is 0 Å². The average molecular weight is 244 g/mol. The van der Waals surface area contributed by atoms with E-state index in [-0.39, 0.29) is 6.42 Å². The van der Waals surface area contributed by atoms with Crippen molar-refractivity contribution >= 4 is 12.0 Å². The van der Waals surface area contributed by atoms with Crippen molar-refractivity contribution in [1.82, 2.24) is 9.97 Å². The van der Waals surface area contributed by atoms with Crippen molar-refractivity contribution in [2.75, 3.05) is 0 Å². The summed E-state index contributed by atoms with van der Waals surface area (Å²) in [6.07, 6.45) is 3.41. The normalized spacial score (nSPS) is 9.17. The summed E-state index contributed by atoms with van der Waals surface area (Å²) in [5, 5.41) is 8.32. The molecule has 18 heavy (non-hydrogen) atoms. The number of H-pyrrole nitrogens is 1.